The molecular formula is C25H47N. The summed E-state index contributed by atoms with van der Waals surface area (Å²) in [6.07, 6.45) is 9.21. The number of hydrogen-bond donors (Lipinski definition) is 0. The van der Waals surface area contributed by atoms with Crippen molar-refractivity contribution < 1.29 is 0 Å². The molecule has 3 saturated carbocycles. The Morgan fingerprint density at radius 2 is 0.846 bits per heavy atom. The fraction of sp³-hybridized carbons (Fsp3) is 1.00. The van der Waals surface area contributed by atoms with Crippen molar-refractivity contribution in [1.29, 1.82) is 0 Å². The zero-order valence-corrected chi connectivity index (χ0v) is 19.1. The Morgan fingerprint density at radius 3 is 1.12 bits per heavy atom. The normalized spacial score (nSPS) is 36.0. The summed E-state index contributed by atoms with van der Waals surface area (Å²) in [5.41, 5.74) is 1.63. The van der Waals surface area contributed by atoms with Gasteiger partial charge in [-0.2, -0.15) is 0 Å². The van der Waals surface area contributed by atoms with Crippen molar-refractivity contribution in [2.75, 3.05) is 13.1 Å². The van der Waals surface area contributed by atoms with E-state index in [1.807, 2.05) is 0 Å². The van der Waals surface area contributed by atoms with E-state index in [9.17, 15) is 0 Å². The average Bonchev–Trinajstić information content (AvgIpc) is 2.30. The van der Waals surface area contributed by atoms with Crippen molar-refractivity contribution in [3.8, 4) is 0 Å². The predicted molar refractivity (Wildman–Crippen MR) is 114 cm³/mol. The molecule has 1 saturated heterocycles. The lowest BCUT2D eigenvalue weighted by atomic mass is 9.45. The molecule has 152 valence electrons. The Labute approximate surface area is 164 Å². The molecular weight excluding hydrogens is 314 g/mol. The first kappa shape index (κ1) is 20.7. The molecule has 26 heavy (non-hydrogen) atoms. The van der Waals surface area contributed by atoms with E-state index in [1.54, 1.807) is 25.7 Å². The molecule has 0 atom stereocenters. The molecule has 0 radical (unpaired) electrons. The summed E-state index contributed by atoms with van der Waals surface area (Å²) < 4.78 is 0. The van der Waals surface area contributed by atoms with Crippen LogP contribution in [0.3, 0.4) is 0 Å². The molecule has 0 N–H and O–H groups in total. The zero-order chi connectivity index (χ0) is 19.3. The summed E-state index contributed by atoms with van der Waals surface area (Å²) in [7, 11) is 0. The molecule has 0 aromatic carbocycles. The second kappa shape index (κ2) is 7.41. The SMILES string of the molecule is CC(C)C1CC2(C1)CC(C(C)C)C2.CC(C)C1CC2(C1)CN(C(C)C)C2. The molecule has 4 fully saturated rings. The molecule has 4 aliphatic rings. The van der Waals surface area contributed by atoms with Crippen molar-refractivity contribution in [2.45, 2.75) is 100.0 Å². The molecule has 0 aromatic rings. The summed E-state index contributed by atoms with van der Waals surface area (Å²) in [6.45, 7) is 21.7. The Bertz CT molecular complexity index is 356. The van der Waals surface area contributed by atoms with E-state index >= 15 is 0 Å². The van der Waals surface area contributed by atoms with Gasteiger partial charge in [0.1, 0.15) is 0 Å². The van der Waals surface area contributed by atoms with Crippen LogP contribution in [0.2, 0.25) is 0 Å². The summed E-state index contributed by atoms with van der Waals surface area (Å²) >= 11 is 0. The van der Waals surface area contributed by atoms with Gasteiger partial charge in [0.25, 0.3) is 0 Å². The molecule has 1 heterocycles. The van der Waals surface area contributed by atoms with Gasteiger partial charge < -0.3 is 0 Å². The Hall–Kier alpha value is -0.0400. The first-order valence-corrected chi connectivity index (χ1v) is 11.8. The van der Waals surface area contributed by atoms with E-state index in [-0.39, 0.29) is 0 Å². The first-order valence-electron chi connectivity index (χ1n) is 11.8. The Kier molecular flexibility index (Phi) is 5.90. The van der Waals surface area contributed by atoms with E-state index in [2.05, 4.69) is 60.3 Å². The van der Waals surface area contributed by atoms with Crippen LogP contribution in [0.1, 0.15) is 93.9 Å². The monoisotopic (exact) mass is 361 g/mol. The largest absolute Gasteiger partial charge is 0.300 e. The Balaban J connectivity index is 0.000000151. The van der Waals surface area contributed by atoms with E-state index in [1.165, 1.54) is 25.9 Å². The lowest BCUT2D eigenvalue weighted by Gasteiger charge is -2.61. The van der Waals surface area contributed by atoms with Gasteiger partial charge in [0.15, 0.2) is 0 Å². The second-order valence-electron chi connectivity index (χ2n) is 12.2. The lowest BCUT2D eigenvalue weighted by molar-refractivity contribution is -0.117. The van der Waals surface area contributed by atoms with Gasteiger partial charge in [-0.3, -0.25) is 4.90 Å². The van der Waals surface area contributed by atoms with E-state index < -0.39 is 0 Å². The molecule has 4 rings (SSSR count). The average molecular weight is 362 g/mol. The number of hydrogen-bond acceptors (Lipinski definition) is 1. The quantitative estimate of drug-likeness (QED) is 0.528. The van der Waals surface area contributed by atoms with Crippen molar-refractivity contribution in [3.05, 3.63) is 0 Å². The molecule has 2 spiro atoms. The topological polar surface area (TPSA) is 3.24 Å². The van der Waals surface area contributed by atoms with Crippen molar-refractivity contribution in [2.24, 2.45) is 46.3 Å². The number of nitrogens with zero attached hydrogens (tertiary/aromatic N) is 1. The van der Waals surface area contributed by atoms with Crippen LogP contribution < -0.4 is 0 Å². The molecule has 0 unspecified atom stereocenters. The maximum atomic E-state index is 2.61. The third-order valence-corrected chi connectivity index (χ3v) is 8.81. The van der Waals surface area contributed by atoms with Crippen LogP contribution in [0.15, 0.2) is 0 Å². The minimum Gasteiger partial charge on any atom is -0.300 e. The van der Waals surface area contributed by atoms with Gasteiger partial charge >= 0.3 is 0 Å². The fourth-order valence-electron chi connectivity index (χ4n) is 6.34. The van der Waals surface area contributed by atoms with Gasteiger partial charge in [0.05, 0.1) is 0 Å². The van der Waals surface area contributed by atoms with E-state index in [0.29, 0.717) is 0 Å². The van der Waals surface area contributed by atoms with Crippen LogP contribution in [0.5, 0.6) is 0 Å². The molecule has 0 aromatic heterocycles. The zero-order valence-electron chi connectivity index (χ0n) is 19.1. The molecule has 1 nitrogen and oxygen atoms in total. The Morgan fingerprint density at radius 1 is 0.538 bits per heavy atom. The van der Waals surface area contributed by atoms with Gasteiger partial charge in [-0.1, -0.05) is 41.5 Å². The van der Waals surface area contributed by atoms with Crippen LogP contribution in [0, 0.1) is 46.3 Å². The van der Waals surface area contributed by atoms with Gasteiger partial charge in [0.2, 0.25) is 0 Å². The minimum atomic E-state index is 0.767. The highest BCUT2D eigenvalue weighted by atomic mass is 15.2. The van der Waals surface area contributed by atoms with Gasteiger partial charge in [-0.05, 0) is 98.7 Å². The fourth-order valence-corrected chi connectivity index (χ4v) is 6.34. The highest BCUT2D eigenvalue weighted by Crippen LogP contribution is 2.64. The highest BCUT2D eigenvalue weighted by Gasteiger charge is 2.54. The van der Waals surface area contributed by atoms with Gasteiger partial charge in [-0.25, -0.2) is 0 Å². The lowest BCUT2D eigenvalue weighted by Crippen LogP contribution is -2.64. The van der Waals surface area contributed by atoms with Crippen molar-refractivity contribution in [1.82, 2.24) is 4.90 Å². The maximum Gasteiger partial charge on any atom is 0.00534 e. The van der Waals surface area contributed by atoms with Crippen molar-refractivity contribution in [3.63, 3.8) is 0 Å². The third kappa shape index (κ3) is 4.03. The van der Waals surface area contributed by atoms with E-state index in [4.69, 9.17) is 0 Å². The highest BCUT2D eigenvalue weighted by molar-refractivity contribution is 5.05. The van der Waals surface area contributed by atoms with Crippen molar-refractivity contribution >= 4 is 0 Å². The standard InChI is InChI=1S/C13H24.C12H23N/c1-9(2)11-5-13(6-11)7-12(8-13)10(3)4;1-9(2)11-5-12(6-11)7-13(8-12)10(3)4/h9-12H,5-8H2,1-4H3;9-11H,5-8H2,1-4H3. The second-order valence-corrected chi connectivity index (χ2v) is 12.2. The van der Waals surface area contributed by atoms with Crippen LogP contribution in [0.4, 0.5) is 0 Å². The van der Waals surface area contributed by atoms with Crippen LogP contribution >= 0.6 is 0 Å². The summed E-state index contributed by atoms with van der Waals surface area (Å²) in [6, 6.07) is 0.767. The molecule has 0 bridgehead atoms. The van der Waals surface area contributed by atoms with Crippen LogP contribution in [-0.2, 0) is 0 Å². The summed E-state index contributed by atoms with van der Waals surface area (Å²) in [5.74, 6) is 5.95. The predicted octanol–water partition coefficient (Wildman–Crippen LogP) is 6.87. The summed E-state index contributed by atoms with van der Waals surface area (Å²) in [4.78, 5) is 2.61. The smallest absolute Gasteiger partial charge is 0.00534 e. The van der Waals surface area contributed by atoms with Gasteiger partial charge in [0, 0.05) is 19.1 Å². The minimum absolute atomic E-state index is 0.767. The van der Waals surface area contributed by atoms with E-state index in [0.717, 1.165) is 52.4 Å². The molecule has 1 aliphatic heterocycles. The molecule has 1 heteroatoms. The first-order chi connectivity index (χ1) is 12.0. The van der Waals surface area contributed by atoms with Gasteiger partial charge in [-0.15, -0.1) is 0 Å². The maximum absolute atomic E-state index is 2.61. The number of likely N-dealkylation sites (tertiary alicyclic amines) is 1. The molecule has 0 amide bonds. The number of rotatable bonds is 4. The summed E-state index contributed by atoms with van der Waals surface area (Å²) in [5, 5.41) is 0. The van der Waals surface area contributed by atoms with Crippen LogP contribution in [-0.4, -0.2) is 24.0 Å². The molecule has 3 aliphatic carbocycles. The third-order valence-electron chi connectivity index (χ3n) is 8.81. The van der Waals surface area contributed by atoms with Crippen LogP contribution in [0.25, 0.3) is 0 Å².